The molecule has 1 heterocycles. The molecule has 0 saturated heterocycles. The van der Waals surface area contributed by atoms with E-state index in [0.29, 0.717) is 5.56 Å². The number of aromatic nitrogens is 1. The van der Waals surface area contributed by atoms with Crippen molar-refractivity contribution in [3.63, 3.8) is 0 Å². The van der Waals surface area contributed by atoms with Crippen LogP contribution in [-0.4, -0.2) is 21.8 Å². The summed E-state index contributed by atoms with van der Waals surface area (Å²) in [6.45, 7) is 0. The summed E-state index contributed by atoms with van der Waals surface area (Å²) in [5.41, 5.74) is 0.409. The fourth-order valence-electron chi connectivity index (χ4n) is 2.50. The van der Waals surface area contributed by atoms with Gasteiger partial charge in [0.2, 0.25) is 6.10 Å². The van der Waals surface area contributed by atoms with E-state index in [-0.39, 0.29) is 22.0 Å². The molecule has 0 saturated carbocycles. The average molecular weight is 412 g/mol. The number of pyridine rings is 1. The Morgan fingerprint density at radius 2 is 1.86 bits per heavy atom. The maximum atomic E-state index is 12.8. The average Bonchev–Trinajstić information content (AvgIpc) is 2.74. The Morgan fingerprint density at radius 1 is 1.10 bits per heavy atom. The minimum Gasteiger partial charge on any atom is -0.444 e. The lowest BCUT2D eigenvalue weighted by Gasteiger charge is -2.18. The molecule has 0 unspecified atom stereocenters. The highest BCUT2D eigenvalue weighted by molar-refractivity contribution is 6.32. The lowest BCUT2D eigenvalue weighted by atomic mass is 10.1. The first-order chi connectivity index (χ1) is 14.0. The number of nitrogens with zero attached hydrogens (tertiary/aromatic N) is 2. The van der Waals surface area contributed by atoms with E-state index in [1.165, 1.54) is 30.6 Å². The fourth-order valence-corrected chi connectivity index (χ4v) is 2.68. The summed E-state index contributed by atoms with van der Waals surface area (Å²) in [5.74, 6) is -1.41. The van der Waals surface area contributed by atoms with Crippen molar-refractivity contribution in [2.24, 2.45) is 0 Å². The van der Waals surface area contributed by atoms with Crippen LogP contribution in [0.2, 0.25) is 5.02 Å². The molecule has 0 fully saturated rings. The highest BCUT2D eigenvalue weighted by Crippen LogP contribution is 2.28. The predicted molar refractivity (Wildman–Crippen MR) is 106 cm³/mol. The molecule has 0 radical (unpaired) electrons. The van der Waals surface area contributed by atoms with E-state index in [0.717, 1.165) is 6.07 Å². The van der Waals surface area contributed by atoms with Gasteiger partial charge in [-0.05, 0) is 24.3 Å². The van der Waals surface area contributed by atoms with Crippen LogP contribution in [0.15, 0.2) is 73.1 Å². The van der Waals surface area contributed by atoms with Gasteiger partial charge in [0.1, 0.15) is 5.02 Å². The molecule has 0 aliphatic heterocycles. The van der Waals surface area contributed by atoms with Crippen LogP contribution in [-0.2, 0) is 9.53 Å². The molecule has 29 heavy (non-hydrogen) atoms. The van der Waals surface area contributed by atoms with E-state index in [1.54, 1.807) is 36.4 Å². The standard InChI is InChI=1S/C20H14ClN3O5/c21-16-9-8-15(11-17(16)24(27)28)23-19(25)18(13-5-2-1-3-6-13)29-20(26)14-7-4-10-22-12-14/h1-12,18H,(H,23,25)/t18-/m1/s1. The number of esters is 1. The lowest BCUT2D eigenvalue weighted by Crippen LogP contribution is -2.26. The number of nitrogens with one attached hydrogen (secondary N) is 1. The number of rotatable bonds is 6. The normalized spacial score (nSPS) is 11.3. The van der Waals surface area contributed by atoms with Crippen LogP contribution in [0, 0.1) is 10.1 Å². The first-order valence-electron chi connectivity index (χ1n) is 8.36. The Kier molecular flexibility index (Phi) is 6.16. The molecular weight excluding hydrogens is 398 g/mol. The van der Waals surface area contributed by atoms with Crippen molar-refractivity contribution in [3.8, 4) is 0 Å². The smallest absolute Gasteiger partial charge is 0.340 e. The third-order valence-electron chi connectivity index (χ3n) is 3.87. The van der Waals surface area contributed by atoms with Gasteiger partial charge in [0.05, 0.1) is 10.5 Å². The van der Waals surface area contributed by atoms with Crippen LogP contribution >= 0.6 is 11.6 Å². The van der Waals surface area contributed by atoms with Gasteiger partial charge in [-0.1, -0.05) is 41.9 Å². The Bertz CT molecular complexity index is 1040. The van der Waals surface area contributed by atoms with E-state index in [4.69, 9.17) is 16.3 Å². The topological polar surface area (TPSA) is 111 Å². The van der Waals surface area contributed by atoms with Crippen molar-refractivity contribution in [3.05, 3.63) is 99.3 Å². The number of carbonyl (C=O) groups excluding carboxylic acids is 2. The first-order valence-corrected chi connectivity index (χ1v) is 8.74. The summed E-state index contributed by atoms with van der Waals surface area (Å²) in [7, 11) is 0. The van der Waals surface area contributed by atoms with Crippen molar-refractivity contribution >= 4 is 34.9 Å². The van der Waals surface area contributed by atoms with Gasteiger partial charge in [0.15, 0.2) is 0 Å². The summed E-state index contributed by atoms with van der Waals surface area (Å²) in [6, 6.07) is 15.3. The van der Waals surface area contributed by atoms with Crippen LogP contribution in [0.1, 0.15) is 22.0 Å². The molecule has 0 aliphatic carbocycles. The van der Waals surface area contributed by atoms with Crippen LogP contribution < -0.4 is 5.32 Å². The van der Waals surface area contributed by atoms with Crippen molar-refractivity contribution < 1.29 is 19.2 Å². The number of amides is 1. The molecule has 1 atom stereocenters. The number of halogens is 1. The number of carbonyl (C=O) groups is 2. The second kappa shape index (κ2) is 8.94. The zero-order chi connectivity index (χ0) is 20.8. The highest BCUT2D eigenvalue weighted by Gasteiger charge is 2.26. The van der Waals surface area contributed by atoms with Crippen molar-refractivity contribution in [1.29, 1.82) is 0 Å². The van der Waals surface area contributed by atoms with E-state index in [9.17, 15) is 19.7 Å². The van der Waals surface area contributed by atoms with E-state index in [2.05, 4.69) is 10.3 Å². The molecule has 146 valence electrons. The monoisotopic (exact) mass is 411 g/mol. The Labute approximate surface area is 170 Å². The van der Waals surface area contributed by atoms with Gasteiger partial charge >= 0.3 is 5.97 Å². The molecule has 1 aromatic heterocycles. The van der Waals surface area contributed by atoms with Gasteiger partial charge in [0, 0.05) is 29.7 Å². The minimum absolute atomic E-state index is 0.0596. The van der Waals surface area contributed by atoms with Crippen LogP contribution in [0.25, 0.3) is 0 Å². The Morgan fingerprint density at radius 3 is 2.52 bits per heavy atom. The minimum atomic E-state index is -1.28. The number of benzene rings is 2. The molecule has 8 nitrogen and oxygen atoms in total. The summed E-state index contributed by atoms with van der Waals surface area (Å²) in [4.78, 5) is 39.5. The number of nitro groups is 1. The number of hydrogen-bond donors (Lipinski definition) is 1. The quantitative estimate of drug-likeness (QED) is 0.370. The molecule has 0 aliphatic rings. The third-order valence-corrected chi connectivity index (χ3v) is 4.19. The highest BCUT2D eigenvalue weighted by atomic mass is 35.5. The van der Waals surface area contributed by atoms with Gasteiger partial charge in [-0.3, -0.25) is 19.9 Å². The molecule has 3 rings (SSSR count). The molecule has 0 bridgehead atoms. The molecule has 2 aromatic carbocycles. The largest absolute Gasteiger partial charge is 0.444 e. The number of ether oxygens (including phenoxy) is 1. The maximum absolute atomic E-state index is 12.8. The van der Waals surface area contributed by atoms with Gasteiger partial charge in [0.25, 0.3) is 11.6 Å². The van der Waals surface area contributed by atoms with E-state index in [1.807, 2.05) is 0 Å². The molecule has 1 N–H and O–H groups in total. The SMILES string of the molecule is O=C(O[C@@H](C(=O)Nc1ccc(Cl)c([N+](=O)[O-])c1)c1ccccc1)c1cccnc1. The number of nitro benzene ring substituents is 1. The van der Waals surface area contributed by atoms with Gasteiger partial charge in [-0.15, -0.1) is 0 Å². The molecule has 0 spiro atoms. The first kappa shape index (κ1) is 20.0. The predicted octanol–water partition coefficient (Wildman–Crippen LogP) is 4.18. The second-order valence-corrected chi connectivity index (χ2v) is 6.26. The summed E-state index contributed by atoms with van der Waals surface area (Å²) in [6.07, 6.45) is 1.55. The van der Waals surface area contributed by atoms with Crippen molar-refractivity contribution in [2.75, 3.05) is 5.32 Å². The van der Waals surface area contributed by atoms with Gasteiger partial charge in [-0.2, -0.15) is 0 Å². The number of hydrogen-bond acceptors (Lipinski definition) is 6. The zero-order valence-electron chi connectivity index (χ0n) is 14.8. The van der Waals surface area contributed by atoms with Gasteiger partial charge < -0.3 is 10.1 Å². The second-order valence-electron chi connectivity index (χ2n) is 5.85. The van der Waals surface area contributed by atoms with E-state index < -0.39 is 22.9 Å². The zero-order valence-corrected chi connectivity index (χ0v) is 15.6. The van der Waals surface area contributed by atoms with Gasteiger partial charge in [-0.25, -0.2) is 4.79 Å². The van der Waals surface area contributed by atoms with Crippen molar-refractivity contribution in [1.82, 2.24) is 4.98 Å². The maximum Gasteiger partial charge on any atom is 0.340 e. The Balaban J connectivity index is 1.86. The molecular formula is C20H14ClN3O5. The Hall–Kier alpha value is -3.78. The summed E-state index contributed by atoms with van der Waals surface area (Å²) < 4.78 is 5.41. The molecule has 1 amide bonds. The van der Waals surface area contributed by atoms with Crippen molar-refractivity contribution in [2.45, 2.75) is 6.10 Å². The van der Waals surface area contributed by atoms with E-state index >= 15 is 0 Å². The lowest BCUT2D eigenvalue weighted by molar-refractivity contribution is -0.384. The fraction of sp³-hybridized carbons (Fsp3) is 0.0500. The molecule has 3 aromatic rings. The summed E-state index contributed by atoms with van der Waals surface area (Å²) in [5, 5.41) is 13.5. The number of anilines is 1. The van der Waals surface area contributed by atoms with Crippen LogP contribution in [0.3, 0.4) is 0 Å². The third kappa shape index (κ3) is 4.94. The van der Waals surface area contributed by atoms with Crippen LogP contribution in [0.5, 0.6) is 0 Å². The summed E-state index contributed by atoms with van der Waals surface area (Å²) >= 11 is 5.79. The molecule has 9 heteroatoms. The van der Waals surface area contributed by atoms with Crippen LogP contribution in [0.4, 0.5) is 11.4 Å².